The summed E-state index contributed by atoms with van der Waals surface area (Å²) >= 11 is 0. The second-order valence-corrected chi connectivity index (χ2v) is 4.59. The van der Waals surface area contributed by atoms with Gasteiger partial charge in [-0.2, -0.15) is 0 Å². The number of rotatable bonds is 5. The molecule has 3 N–H and O–H groups in total. The number of hydrogen-bond donors (Lipinski definition) is 3. The minimum atomic E-state index is -0.143. The van der Waals surface area contributed by atoms with E-state index in [-0.39, 0.29) is 24.4 Å². The Labute approximate surface area is 113 Å². The van der Waals surface area contributed by atoms with Crippen molar-refractivity contribution >= 4 is 0 Å². The fourth-order valence-corrected chi connectivity index (χ4v) is 2.18. The highest BCUT2D eigenvalue weighted by Crippen LogP contribution is 2.25. The fourth-order valence-electron chi connectivity index (χ4n) is 2.18. The molecular formula is C16H19NO2. The normalized spacial score (nSPS) is 14.0. The predicted molar refractivity (Wildman–Crippen MR) is 75.9 cm³/mol. The molecule has 0 aromatic heterocycles. The van der Waals surface area contributed by atoms with Gasteiger partial charge in [-0.1, -0.05) is 48.5 Å². The lowest BCUT2D eigenvalue weighted by Crippen LogP contribution is -2.27. The summed E-state index contributed by atoms with van der Waals surface area (Å²) in [5.74, 6) is 0.271. The molecule has 0 saturated carbocycles. The van der Waals surface area contributed by atoms with Crippen LogP contribution in [0.25, 0.3) is 0 Å². The van der Waals surface area contributed by atoms with E-state index in [0.717, 1.165) is 11.1 Å². The minimum Gasteiger partial charge on any atom is -0.508 e. The maximum Gasteiger partial charge on any atom is 0.120 e. The zero-order valence-corrected chi connectivity index (χ0v) is 11.0. The Hall–Kier alpha value is -1.84. The Morgan fingerprint density at radius 1 is 1.00 bits per heavy atom. The Kier molecular flexibility index (Phi) is 4.55. The molecular weight excluding hydrogens is 238 g/mol. The first-order chi connectivity index (χ1) is 9.22. The summed E-state index contributed by atoms with van der Waals surface area (Å²) in [6, 6.07) is 16.9. The molecule has 0 heterocycles. The van der Waals surface area contributed by atoms with Gasteiger partial charge in [-0.05, 0) is 18.6 Å². The summed E-state index contributed by atoms with van der Waals surface area (Å²) in [7, 11) is 0. The SMILES string of the molecule is CC(N[C@@H](CO)c1ccccc1)c1ccccc1O. The molecule has 2 aromatic carbocycles. The molecule has 0 saturated heterocycles. The molecule has 0 bridgehead atoms. The average molecular weight is 257 g/mol. The third-order valence-corrected chi connectivity index (χ3v) is 3.24. The molecule has 2 atom stereocenters. The van der Waals surface area contributed by atoms with Crippen molar-refractivity contribution in [2.45, 2.75) is 19.0 Å². The Balaban J connectivity index is 2.13. The summed E-state index contributed by atoms with van der Waals surface area (Å²) in [6.45, 7) is 1.99. The van der Waals surface area contributed by atoms with Gasteiger partial charge in [-0.3, -0.25) is 0 Å². The zero-order chi connectivity index (χ0) is 13.7. The number of phenolic OH excluding ortho intramolecular Hbond substituents is 1. The van der Waals surface area contributed by atoms with Gasteiger partial charge in [0.05, 0.1) is 12.6 Å². The third kappa shape index (κ3) is 3.34. The van der Waals surface area contributed by atoms with E-state index >= 15 is 0 Å². The smallest absolute Gasteiger partial charge is 0.120 e. The van der Waals surface area contributed by atoms with Crippen LogP contribution in [0.5, 0.6) is 5.75 Å². The summed E-state index contributed by atoms with van der Waals surface area (Å²) in [5, 5.41) is 22.7. The number of benzene rings is 2. The van der Waals surface area contributed by atoms with Gasteiger partial charge in [0.1, 0.15) is 5.75 Å². The zero-order valence-electron chi connectivity index (χ0n) is 11.0. The summed E-state index contributed by atoms with van der Waals surface area (Å²) in [4.78, 5) is 0. The molecule has 0 aliphatic rings. The second-order valence-electron chi connectivity index (χ2n) is 4.59. The minimum absolute atomic E-state index is 0.0158. The van der Waals surface area contributed by atoms with E-state index in [4.69, 9.17) is 0 Å². The molecule has 2 rings (SSSR count). The van der Waals surface area contributed by atoms with Crippen LogP contribution in [0, 0.1) is 0 Å². The van der Waals surface area contributed by atoms with Crippen LogP contribution < -0.4 is 5.32 Å². The van der Waals surface area contributed by atoms with Crippen LogP contribution in [-0.4, -0.2) is 16.8 Å². The van der Waals surface area contributed by atoms with Gasteiger partial charge in [0, 0.05) is 11.6 Å². The number of para-hydroxylation sites is 1. The number of aliphatic hydroxyl groups excluding tert-OH is 1. The van der Waals surface area contributed by atoms with Crippen LogP contribution in [0.2, 0.25) is 0 Å². The predicted octanol–water partition coefficient (Wildman–Crippen LogP) is 2.78. The van der Waals surface area contributed by atoms with Crippen molar-refractivity contribution < 1.29 is 10.2 Å². The van der Waals surface area contributed by atoms with Crippen molar-refractivity contribution in [3.8, 4) is 5.75 Å². The molecule has 2 aromatic rings. The topological polar surface area (TPSA) is 52.5 Å². The first-order valence-electron chi connectivity index (χ1n) is 6.42. The molecule has 100 valence electrons. The van der Waals surface area contributed by atoms with E-state index in [2.05, 4.69) is 5.32 Å². The monoisotopic (exact) mass is 257 g/mol. The molecule has 0 spiro atoms. The van der Waals surface area contributed by atoms with Crippen LogP contribution in [0.4, 0.5) is 0 Å². The fraction of sp³-hybridized carbons (Fsp3) is 0.250. The maximum atomic E-state index is 9.83. The van der Waals surface area contributed by atoms with Gasteiger partial charge < -0.3 is 15.5 Å². The largest absolute Gasteiger partial charge is 0.508 e. The average Bonchev–Trinajstić information content (AvgIpc) is 2.46. The van der Waals surface area contributed by atoms with Crippen LogP contribution in [0.15, 0.2) is 54.6 Å². The molecule has 3 heteroatoms. The van der Waals surface area contributed by atoms with Crippen molar-refractivity contribution in [1.29, 1.82) is 0 Å². The first kappa shape index (κ1) is 13.6. The van der Waals surface area contributed by atoms with Gasteiger partial charge in [-0.25, -0.2) is 0 Å². The lowest BCUT2D eigenvalue weighted by Gasteiger charge is -2.23. The summed E-state index contributed by atoms with van der Waals surface area (Å²) < 4.78 is 0. The van der Waals surface area contributed by atoms with E-state index in [1.54, 1.807) is 12.1 Å². The van der Waals surface area contributed by atoms with Crippen molar-refractivity contribution in [3.05, 3.63) is 65.7 Å². The highest BCUT2D eigenvalue weighted by Gasteiger charge is 2.16. The van der Waals surface area contributed by atoms with E-state index < -0.39 is 0 Å². The highest BCUT2D eigenvalue weighted by atomic mass is 16.3. The van der Waals surface area contributed by atoms with Crippen molar-refractivity contribution in [2.24, 2.45) is 0 Å². The quantitative estimate of drug-likeness (QED) is 0.772. The van der Waals surface area contributed by atoms with Gasteiger partial charge in [0.2, 0.25) is 0 Å². The number of nitrogens with one attached hydrogen (secondary N) is 1. The first-order valence-corrected chi connectivity index (χ1v) is 6.42. The molecule has 19 heavy (non-hydrogen) atoms. The van der Waals surface area contributed by atoms with Crippen LogP contribution >= 0.6 is 0 Å². The lowest BCUT2D eigenvalue weighted by molar-refractivity contribution is 0.234. The van der Waals surface area contributed by atoms with Gasteiger partial charge in [0.15, 0.2) is 0 Å². The number of phenols is 1. The molecule has 0 aliphatic heterocycles. The molecule has 1 unspecified atom stereocenters. The third-order valence-electron chi connectivity index (χ3n) is 3.24. The lowest BCUT2D eigenvalue weighted by atomic mass is 10.0. The van der Waals surface area contributed by atoms with Crippen molar-refractivity contribution in [2.75, 3.05) is 6.61 Å². The van der Waals surface area contributed by atoms with Gasteiger partial charge in [-0.15, -0.1) is 0 Å². The summed E-state index contributed by atoms with van der Waals surface area (Å²) in [5.41, 5.74) is 1.86. The Morgan fingerprint density at radius 3 is 2.26 bits per heavy atom. The second kappa shape index (κ2) is 6.36. The summed E-state index contributed by atoms with van der Waals surface area (Å²) in [6.07, 6.45) is 0. The van der Waals surface area contributed by atoms with E-state index in [9.17, 15) is 10.2 Å². The van der Waals surface area contributed by atoms with Crippen molar-refractivity contribution in [1.82, 2.24) is 5.32 Å². The van der Waals surface area contributed by atoms with Gasteiger partial charge >= 0.3 is 0 Å². The van der Waals surface area contributed by atoms with Gasteiger partial charge in [0.25, 0.3) is 0 Å². The standard InChI is InChI=1S/C16H19NO2/c1-12(14-9-5-6-10-16(14)19)17-15(11-18)13-7-3-2-4-8-13/h2-10,12,15,17-19H,11H2,1H3/t12?,15-/m0/s1. The van der Waals surface area contributed by atoms with Crippen LogP contribution in [0.3, 0.4) is 0 Å². The number of hydrogen-bond acceptors (Lipinski definition) is 3. The maximum absolute atomic E-state index is 9.83. The number of aliphatic hydroxyl groups is 1. The van der Waals surface area contributed by atoms with E-state index in [1.165, 1.54) is 0 Å². The molecule has 0 radical (unpaired) electrons. The van der Waals surface area contributed by atoms with Crippen LogP contribution in [-0.2, 0) is 0 Å². The van der Waals surface area contributed by atoms with E-state index in [0.29, 0.717) is 0 Å². The highest BCUT2D eigenvalue weighted by molar-refractivity contribution is 5.34. The molecule has 0 fully saturated rings. The molecule has 0 amide bonds. The molecule has 3 nitrogen and oxygen atoms in total. The Bertz CT molecular complexity index is 513. The van der Waals surface area contributed by atoms with Crippen molar-refractivity contribution in [3.63, 3.8) is 0 Å². The van der Waals surface area contributed by atoms with E-state index in [1.807, 2.05) is 49.4 Å². The Morgan fingerprint density at radius 2 is 1.63 bits per heavy atom. The number of aromatic hydroxyl groups is 1. The molecule has 0 aliphatic carbocycles. The van der Waals surface area contributed by atoms with Crippen LogP contribution in [0.1, 0.15) is 30.1 Å².